The average Bonchev–Trinajstić information content (AvgIpc) is 3.17. The molecule has 0 unspecified atom stereocenters. The van der Waals surface area contributed by atoms with Crippen LogP contribution in [-0.2, 0) is 6.54 Å². The van der Waals surface area contributed by atoms with Crippen LogP contribution in [0.3, 0.4) is 0 Å². The van der Waals surface area contributed by atoms with E-state index in [1.807, 2.05) is 25.1 Å². The summed E-state index contributed by atoms with van der Waals surface area (Å²) in [5.74, 6) is 0. The quantitative estimate of drug-likeness (QED) is 0.853. The van der Waals surface area contributed by atoms with Crippen LogP contribution in [0, 0.1) is 6.92 Å². The van der Waals surface area contributed by atoms with E-state index >= 15 is 0 Å². The van der Waals surface area contributed by atoms with Crippen LogP contribution in [-0.4, -0.2) is 24.8 Å². The summed E-state index contributed by atoms with van der Waals surface area (Å²) < 4.78 is 38.2. The lowest BCUT2D eigenvalue weighted by molar-refractivity contribution is -0.120. The second-order valence-corrected chi connectivity index (χ2v) is 6.12. The zero-order chi connectivity index (χ0) is 15.6. The third kappa shape index (κ3) is 4.92. The molecule has 118 valence electrons. The van der Waals surface area contributed by atoms with Crippen molar-refractivity contribution < 1.29 is 13.2 Å². The number of benzene rings is 1. The van der Waals surface area contributed by atoms with Crippen molar-refractivity contribution in [3.05, 3.63) is 29.3 Å². The zero-order valence-electron chi connectivity index (χ0n) is 12.8. The van der Waals surface area contributed by atoms with E-state index in [1.54, 1.807) is 0 Å². The first-order valence-electron chi connectivity index (χ1n) is 7.42. The molecule has 5 heteroatoms. The van der Waals surface area contributed by atoms with E-state index in [1.165, 1.54) is 4.90 Å². The number of halogens is 3. The third-order valence-electron chi connectivity index (χ3n) is 3.70. The maximum atomic E-state index is 12.7. The van der Waals surface area contributed by atoms with Gasteiger partial charge in [-0.15, -0.1) is 0 Å². The van der Waals surface area contributed by atoms with Gasteiger partial charge in [-0.05, 0) is 43.0 Å². The Balaban J connectivity index is 2.13. The highest BCUT2D eigenvalue weighted by molar-refractivity contribution is 5.52. The average molecular weight is 300 g/mol. The molecule has 2 rings (SSSR count). The molecule has 0 atom stereocenters. The largest absolute Gasteiger partial charge is 0.405 e. The highest BCUT2D eigenvalue weighted by Crippen LogP contribution is 2.35. The van der Waals surface area contributed by atoms with Gasteiger partial charge in [0.2, 0.25) is 0 Å². The molecule has 1 saturated carbocycles. The molecule has 0 radical (unpaired) electrons. The van der Waals surface area contributed by atoms with E-state index in [4.69, 9.17) is 0 Å². The Hall–Kier alpha value is -1.23. The summed E-state index contributed by atoms with van der Waals surface area (Å²) in [6.07, 6.45) is -2.45. The van der Waals surface area contributed by atoms with Crippen molar-refractivity contribution in [2.45, 2.75) is 58.4 Å². The van der Waals surface area contributed by atoms with Gasteiger partial charge in [-0.3, -0.25) is 0 Å². The topological polar surface area (TPSA) is 15.3 Å². The number of rotatable bonds is 6. The SMILES string of the molecule is Cc1cc(N(CC(F)(F)F)C2CC2)ccc1CNC(C)C. The fourth-order valence-corrected chi connectivity index (χ4v) is 2.38. The van der Waals surface area contributed by atoms with Gasteiger partial charge in [-0.25, -0.2) is 0 Å². The lowest BCUT2D eigenvalue weighted by Gasteiger charge is -2.26. The highest BCUT2D eigenvalue weighted by Gasteiger charge is 2.38. The number of anilines is 1. The van der Waals surface area contributed by atoms with Crippen LogP contribution in [0.4, 0.5) is 18.9 Å². The number of hydrogen-bond donors (Lipinski definition) is 1. The minimum atomic E-state index is -4.16. The predicted molar refractivity (Wildman–Crippen MR) is 79.6 cm³/mol. The van der Waals surface area contributed by atoms with E-state index < -0.39 is 12.7 Å². The normalized spacial score (nSPS) is 15.6. The highest BCUT2D eigenvalue weighted by atomic mass is 19.4. The molecular formula is C16H23F3N2. The van der Waals surface area contributed by atoms with Gasteiger partial charge < -0.3 is 10.2 Å². The molecule has 0 bridgehead atoms. The molecule has 1 fully saturated rings. The predicted octanol–water partition coefficient (Wildman–Crippen LogP) is 4.02. The Bertz CT molecular complexity index is 479. The molecule has 0 spiro atoms. The summed E-state index contributed by atoms with van der Waals surface area (Å²) in [5.41, 5.74) is 2.85. The van der Waals surface area contributed by atoms with Crippen LogP contribution in [0.2, 0.25) is 0 Å². The van der Waals surface area contributed by atoms with Gasteiger partial charge in [0, 0.05) is 24.3 Å². The monoisotopic (exact) mass is 300 g/mol. The second kappa shape index (κ2) is 6.26. The van der Waals surface area contributed by atoms with E-state index in [0.29, 0.717) is 11.7 Å². The third-order valence-corrected chi connectivity index (χ3v) is 3.70. The van der Waals surface area contributed by atoms with E-state index in [9.17, 15) is 13.2 Å². The number of aryl methyl sites for hydroxylation is 1. The molecule has 1 N–H and O–H groups in total. The maximum Gasteiger partial charge on any atom is 0.405 e. The molecule has 21 heavy (non-hydrogen) atoms. The standard InChI is InChI=1S/C16H23F3N2/c1-11(2)20-9-13-4-5-15(8-12(13)3)21(14-6-7-14)10-16(17,18)19/h4-5,8,11,14,20H,6-7,9-10H2,1-3H3. The lowest BCUT2D eigenvalue weighted by Crippen LogP contribution is -2.36. The second-order valence-electron chi connectivity index (χ2n) is 6.12. The summed E-state index contributed by atoms with van der Waals surface area (Å²) >= 11 is 0. The van der Waals surface area contributed by atoms with Crippen molar-refractivity contribution in [2.75, 3.05) is 11.4 Å². The first-order chi connectivity index (χ1) is 9.76. The Morgan fingerprint density at radius 2 is 1.95 bits per heavy atom. The molecule has 0 heterocycles. The smallest absolute Gasteiger partial charge is 0.360 e. The van der Waals surface area contributed by atoms with Crippen molar-refractivity contribution in [3.63, 3.8) is 0 Å². The fourth-order valence-electron chi connectivity index (χ4n) is 2.38. The molecule has 0 saturated heterocycles. The van der Waals surface area contributed by atoms with Crippen LogP contribution in [0.25, 0.3) is 0 Å². The zero-order valence-corrected chi connectivity index (χ0v) is 12.8. The number of nitrogens with one attached hydrogen (secondary N) is 1. The molecule has 0 aromatic heterocycles. The number of alkyl halides is 3. The fraction of sp³-hybridized carbons (Fsp3) is 0.625. The van der Waals surface area contributed by atoms with Gasteiger partial charge in [-0.1, -0.05) is 19.9 Å². The van der Waals surface area contributed by atoms with Gasteiger partial charge in [0.05, 0.1) is 0 Å². The molecular weight excluding hydrogens is 277 g/mol. The molecule has 1 aromatic rings. The van der Waals surface area contributed by atoms with Gasteiger partial charge in [0.15, 0.2) is 0 Å². The summed E-state index contributed by atoms with van der Waals surface area (Å²) in [4.78, 5) is 1.49. The van der Waals surface area contributed by atoms with Crippen molar-refractivity contribution in [2.24, 2.45) is 0 Å². The van der Waals surface area contributed by atoms with Crippen molar-refractivity contribution in [1.29, 1.82) is 0 Å². The van der Waals surface area contributed by atoms with E-state index in [0.717, 1.165) is 30.5 Å². The van der Waals surface area contributed by atoms with Gasteiger partial charge in [-0.2, -0.15) is 13.2 Å². The van der Waals surface area contributed by atoms with E-state index in [2.05, 4.69) is 19.2 Å². The number of nitrogens with zero attached hydrogens (tertiary/aromatic N) is 1. The summed E-state index contributed by atoms with van der Waals surface area (Å²) in [6.45, 7) is 5.98. The van der Waals surface area contributed by atoms with Crippen LogP contribution >= 0.6 is 0 Å². The van der Waals surface area contributed by atoms with Gasteiger partial charge in [0.1, 0.15) is 6.54 Å². The van der Waals surface area contributed by atoms with Crippen LogP contribution < -0.4 is 10.2 Å². The summed E-state index contributed by atoms with van der Waals surface area (Å²) in [7, 11) is 0. The van der Waals surface area contributed by atoms with E-state index in [-0.39, 0.29) is 6.04 Å². The molecule has 0 amide bonds. The number of hydrogen-bond acceptors (Lipinski definition) is 2. The molecule has 1 aliphatic rings. The van der Waals surface area contributed by atoms with Crippen molar-refractivity contribution in [1.82, 2.24) is 5.32 Å². The summed E-state index contributed by atoms with van der Waals surface area (Å²) in [5, 5.41) is 3.33. The Morgan fingerprint density at radius 1 is 1.29 bits per heavy atom. The lowest BCUT2D eigenvalue weighted by atomic mass is 10.1. The minimum absolute atomic E-state index is 0.0469. The van der Waals surface area contributed by atoms with Crippen molar-refractivity contribution >= 4 is 5.69 Å². The van der Waals surface area contributed by atoms with Crippen molar-refractivity contribution in [3.8, 4) is 0 Å². The molecule has 1 aliphatic carbocycles. The Morgan fingerprint density at radius 3 is 2.43 bits per heavy atom. The molecule has 1 aromatic carbocycles. The van der Waals surface area contributed by atoms with Crippen LogP contribution in [0.1, 0.15) is 37.8 Å². The van der Waals surface area contributed by atoms with Crippen LogP contribution in [0.5, 0.6) is 0 Å². The van der Waals surface area contributed by atoms with Gasteiger partial charge >= 0.3 is 6.18 Å². The van der Waals surface area contributed by atoms with Crippen LogP contribution in [0.15, 0.2) is 18.2 Å². The molecule has 2 nitrogen and oxygen atoms in total. The summed E-state index contributed by atoms with van der Waals surface area (Å²) in [6, 6.07) is 6.06. The molecule has 0 aliphatic heterocycles. The Labute approximate surface area is 124 Å². The first-order valence-corrected chi connectivity index (χ1v) is 7.42. The minimum Gasteiger partial charge on any atom is -0.360 e. The Kier molecular flexibility index (Phi) is 4.81. The first kappa shape index (κ1) is 16.1. The maximum absolute atomic E-state index is 12.7. The van der Waals surface area contributed by atoms with Gasteiger partial charge in [0.25, 0.3) is 0 Å².